The number of nitrogens with one attached hydrogen (secondary N) is 1. The van der Waals surface area contributed by atoms with E-state index < -0.39 is 0 Å². The number of H-pyrrole nitrogens is 1. The van der Waals surface area contributed by atoms with E-state index in [4.69, 9.17) is 4.98 Å². The Morgan fingerprint density at radius 3 is 2.71 bits per heavy atom. The Morgan fingerprint density at radius 1 is 0.952 bits per heavy atom. The molecule has 0 aliphatic rings. The maximum absolute atomic E-state index is 4.73. The standard InChI is InChI=1S/C19H16N2/c1-13-15(10-14-6-2-4-8-18(14)21-13)11-16-12-20-19-9-5-3-7-17(16)19/h2-10,12,20H,11H2,1H3. The first kappa shape index (κ1) is 12.2. The Kier molecular flexibility index (Phi) is 2.74. The number of hydrogen-bond donors (Lipinski definition) is 1. The third-order valence-corrected chi connectivity index (χ3v) is 4.08. The minimum absolute atomic E-state index is 0.910. The van der Waals surface area contributed by atoms with Crippen molar-refractivity contribution in [2.45, 2.75) is 13.3 Å². The summed E-state index contributed by atoms with van der Waals surface area (Å²) < 4.78 is 0. The molecule has 0 fully saturated rings. The van der Waals surface area contributed by atoms with Crippen molar-refractivity contribution in [2.24, 2.45) is 0 Å². The number of aromatic nitrogens is 2. The van der Waals surface area contributed by atoms with Crippen molar-refractivity contribution in [1.29, 1.82) is 0 Å². The van der Waals surface area contributed by atoms with Gasteiger partial charge in [-0.2, -0.15) is 0 Å². The summed E-state index contributed by atoms with van der Waals surface area (Å²) in [6.07, 6.45) is 3.02. The summed E-state index contributed by atoms with van der Waals surface area (Å²) in [5, 5.41) is 2.50. The van der Waals surface area contributed by atoms with E-state index in [2.05, 4.69) is 66.6 Å². The molecule has 0 saturated heterocycles. The van der Waals surface area contributed by atoms with E-state index in [1.165, 1.54) is 27.4 Å². The summed E-state index contributed by atoms with van der Waals surface area (Å²) in [6.45, 7) is 2.09. The summed E-state index contributed by atoms with van der Waals surface area (Å²) in [4.78, 5) is 8.07. The molecular weight excluding hydrogens is 256 g/mol. The Bertz CT molecular complexity index is 935. The van der Waals surface area contributed by atoms with Gasteiger partial charge in [0.25, 0.3) is 0 Å². The van der Waals surface area contributed by atoms with E-state index in [-0.39, 0.29) is 0 Å². The molecule has 102 valence electrons. The quantitative estimate of drug-likeness (QED) is 0.567. The number of rotatable bonds is 2. The fraction of sp³-hybridized carbons (Fsp3) is 0.105. The molecule has 4 aromatic rings. The van der Waals surface area contributed by atoms with Crippen LogP contribution in [-0.4, -0.2) is 9.97 Å². The Morgan fingerprint density at radius 2 is 1.76 bits per heavy atom. The maximum atomic E-state index is 4.73. The van der Waals surface area contributed by atoms with E-state index >= 15 is 0 Å². The summed E-state index contributed by atoms with van der Waals surface area (Å²) in [5.74, 6) is 0. The lowest BCUT2D eigenvalue weighted by molar-refractivity contribution is 1.11. The minimum atomic E-state index is 0.910. The lowest BCUT2D eigenvalue weighted by Gasteiger charge is -2.07. The normalized spacial score (nSPS) is 11.3. The average molecular weight is 272 g/mol. The average Bonchev–Trinajstić information content (AvgIpc) is 2.91. The molecule has 0 aliphatic carbocycles. The monoisotopic (exact) mass is 272 g/mol. The minimum Gasteiger partial charge on any atom is -0.361 e. The first-order valence-electron chi connectivity index (χ1n) is 7.21. The van der Waals surface area contributed by atoms with Gasteiger partial charge in [-0.05, 0) is 36.2 Å². The Labute approximate surface area is 123 Å². The van der Waals surface area contributed by atoms with Crippen LogP contribution in [-0.2, 0) is 6.42 Å². The van der Waals surface area contributed by atoms with Gasteiger partial charge in [-0.1, -0.05) is 36.4 Å². The molecule has 0 bridgehead atoms. The van der Waals surface area contributed by atoms with Crippen LogP contribution in [0, 0.1) is 6.92 Å². The van der Waals surface area contributed by atoms with Crippen LogP contribution in [0.2, 0.25) is 0 Å². The number of benzene rings is 2. The molecule has 0 saturated carbocycles. The van der Waals surface area contributed by atoms with Crippen LogP contribution in [0.5, 0.6) is 0 Å². The predicted octanol–water partition coefficient (Wildman–Crippen LogP) is 4.62. The topological polar surface area (TPSA) is 28.7 Å². The molecule has 0 radical (unpaired) electrons. The number of aromatic amines is 1. The third-order valence-electron chi connectivity index (χ3n) is 4.08. The van der Waals surface area contributed by atoms with Gasteiger partial charge in [-0.3, -0.25) is 4.98 Å². The fourth-order valence-electron chi connectivity index (χ4n) is 2.92. The van der Waals surface area contributed by atoms with Crippen molar-refractivity contribution in [1.82, 2.24) is 9.97 Å². The van der Waals surface area contributed by atoms with Gasteiger partial charge in [0.1, 0.15) is 0 Å². The van der Waals surface area contributed by atoms with E-state index in [9.17, 15) is 0 Å². The van der Waals surface area contributed by atoms with Crippen LogP contribution in [0.15, 0.2) is 60.8 Å². The van der Waals surface area contributed by atoms with Crippen LogP contribution in [0.4, 0.5) is 0 Å². The SMILES string of the molecule is Cc1nc2ccccc2cc1Cc1c[nH]c2ccccc12. The molecule has 0 spiro atoms. The zero-order valence-electron chi connectivity index (χ0n) is 11.9. The molecule has 2 aromatic heterocycles. The fourth-order valence-corrected chi connectivity index (χ4v) is 2.92. The Balaban J connectivity index is 1.82. The first-order chi connectivity index (χ1) is 10.3. The Hall–Kier alpha value is -2.61. The van der Waals surface area contributed by atoms with E-state index in [1.54, 1.807) is 0 Å². The van der Waals surface area contributed by atoms with E-state index in [0.29, 0.717) is 0 Å². The lowest BCUT2D eigenvalue weighted by atomic mass is 10.0. The second-order valence-corrected chi connectivity index (χ2v) is 5.46. The maximum Gasteiger partial charge on any atom is 0.0705 e. The number of nitrogens with zero attached hydrogens (tertiary/aromatic N) is 1. The van der Waals surface area contributed by atoms with Crippen LogP contribution < -0.4 is 0 Å². The van der Waals surface area contributed by atoms with Crippen molar-refractivity contribution >= 4 is 21.8 Å². The number of aryl methyl sites for hydroxylation is 1. The molecule has 0 unspecified atom stereocenters. The molecule has 2 nitrogen and oxygen atoms in total. The second-order valence-electron chi connectivity index (χ2n) is 5.46. The van der Waals surface area contributed by atoms with Crippen LogP contribution in [0.1, 0.15) is 16.8 Å². The van der Waals surface area contributed by atoms with E-state index in [0.717, 1.165) is 17.6 Å². The van der Waals surface area contributed by atoms with Crippen molar-refractivity contribution in [2.75, 3.05) is 0 Å². The van der Waals surface area contributed by atoms with Gasteiger partial charge in [-0.15, -0.1) is 0 Å². The highest BCUT2D eigenvalue weighted by atomic mass is 14.7. The summed E-state index contributed by atoms with van der Waals surface area (Å²) in [7, 11) is 0. The van der Waals surface area contributed by atoms with Crippen molar-refractivity contribution in [3.8, 4) is 0 Å². The van der Waals surface area contributed by atoms with Gasteiger partial charge in [0, 0.05) is 34.6 Å². The summed E-state index contributed by atoms with van der Waals surface area (Å²) >= 11 is 0. The first-order valence-corrected chi connectivity index (χ1v) is 7.21. The molecular formula is C19H16N2. The second kappa shape index (κ2) is 4.74. The molecule has 4 rings (SSSR count). The molecule has 1 N–H and O–H groups in total. The summed E-state index contributed by atoms with van der Waals surface area (Å²) in [6, 6.07) is 19.0. The molecule has 0 aliphatic heterocycles. The molecule has 0 atom stereocenters. The zero-order chi connectivity index (χ0) is 14.2. The molecule has 2 aromatic carbocycles. The van der Waals surface area contributed by atoms with Crippen molar-refractivity contribution in [3.05, 3.63) is 77.6 Å². The van der Waals surface area contributed by atoms with Crippen molar-refractivity contribution < 1.29 is 0 Å². The van der Waals surface area contributed by atoms with Gasteiger partial charge in [0.2, 0.25) is 0 Å². The molecule has 0 amide bonds. The number of pyridine rings is 1. The van der Waals surface area contributed by atoms with Crippen LogP contribution in [0.25, 0.3) is 21.8 Å². The zero-order valence-corrected chi connectivity index (χ0v) is 11.9. The number of para-hydroxylation sites is 2. The third kappa shape index (κ3) is 2.09. The number of fused-ring (bicyclic) bond motifs is 2. The van der Waals surface area contributed by atoms with Gasteiger partial charge in [0.15, 0.2) is 0 Å². The van der Waals surface area contributed by atoms with Gasteiger partial charge in [-0.25, -0.2) is 0 Å². The summed E-state index contributed by atoms with van der Waals surface area (Å²) in [5.41, 5.74) is 5.99. The van der Waals surface area contributed by atoms with E-state index in [1.807, 2.05) is 6.07 Å². The van der Waals surface area contributed by atoms with Gasteiger partial charge >= 0.3 is 0 Å². The largest absolute Gasteiger partial charge is 0.361 e. The smallest absolute Gasteiger partial charge is 0.0705 e. The predicted molar refractivity (Wildman–Crippen MR) is 87.6 cm³/mol. The van der Waals surface area contributed by atoms with Crippen LogP contribution in [0.3, 0.4) is 0 Å². The highest BCUT2D eigenvalue weighted by Gasteiger charge is 2.08. The van der Waals surface area contributed by atoms with Gasteiger partial charge in [0.05, 0.1) is 5.52 Å². The highest BCUT2D eigenvalue weighted by molar-refractivity contribution is 5.84. The van der Waals surface area contributed by atoms with Crippen molar-refractivity contribution in [3.63, 3.8) is 0 Å². The lowest BCUT2D eigenvalue weighted by Crippen LogP contribution is -1.95. The molecule has 2 heteroatoms. The van der Waals surface area contributed by atoms with Crippen LogP contribution >= 0.6 is 0 Å². The highest BCUT2D eigenvalue weighted by Crippen LogP contribution is 2.23. The molecule has 2 heterocycles. The van der Waals surface area contributed by atoms with Gasteiger partial charge < -0.3 is 4.98 Å². The molecule has 21 heavy (non-hydrogen) atoms. The number of hydrogen-bond acceptors (Lipinski definition) is 1.